The Kier molecular flexibility index (Phi) is 5.06. The van der Waals surface area contributed by atoms with Crippen LogP contribution in [0.5, 0.6) is 0 Å². The lowest BCUT2D eigenvalue weighted by atomic mass is 9.87. The van der Waals surface area contributed by atoms with Crippen LogP contribution >= 0.6 is 0 Å². The average molecular weight is 231 g/mol. The molecule has 1 aromatic rings. The third-order valence-corrected chi connectivity index (χ3v) is 4.00. The highest BCUT2D eigenvalue weighted by atomic mass is 14.5. The van der Waals surface area contributed by atoms with E-state index in [-0.39, 0.29) is 0 Å². The van der Waals surface area contributed by atoms with Gasteiger partial charge in [0, 0.05) is 0 Å². The van der Waals surface area contributed by atoms with Crippen LogP contribution in [-0.2, 0) is 6.42 Å². The van der Waals surface area contributed by atoms with Gasteiger partial charge in [0.15, 0.2) is 0 Å². The molecule has 0 amide bonds. The maximum absolute atomic E-state index is 5.63. The Morgan fingerprint density at radius 1 is 1.00 bits per heavy atom. The van der Waals surface area contributed by atoms with Crippen LogP contribution < -0.4 is 5.73 Å². The summed E-state index contributed by atoms with van der Waals surface area (Å²) in [6, 6.07) is 9.02. The van der Waals surface area contributed by atoms with Crippen LogP contribution in [0.4, 0.5) is 0 Å². The summed E-state index contributed by atoms with van der Waals surface area (Å²) in [6.07, 6.45) is 10.7. The normalized spacial score (nSPS) is 17.9. The van der Waals surface area contributed by atoms with Crippen LogP contribution in [0.1, 0.15) is 62.0 Å². The first-order valence-corrected chi connectivity index (χ1v) is 7.19. The monoisotopic (exact) mass is 231 g/mol. The van der Waals surface area contributed by atoms with Crippen molar-refractivity contribution in [1.29, 1.82) is 0 Å². The molecular formula is C16H25N. The predicted molar refractivity (Wildman–Crippen MR) is 74.3 cm³/mol. The highest BCUT2D eigenvalue weighted by molar-refractivity contribution is 5.30. The van der Waals surface area contributed by atoms with Gasteiger partial charge in [-0.3, -0.25) is 0 Å². The first-order valence-electron chi connectivity index (χ1n) is 7.19. The van der Waals surface area contributed by atoms with Gasteiger partial charge in [-0.15, -0.1) is 0 Å². The Morgan fingerprint density at radius 2 is 1.71 bits per heavy atom. The number of nitrogens with two attached hydrogens (primary N) is 1. The summed E-state index contributed by atoms with van der Waals surface area (Å²) in [7, 11) is 0. The lowest BCUT2D eigenvalue weighted by Crippen LogP contribution is -2.05. The molecule has 0 saturated heterocycles. The molecule has 0 atom stereocenters. The minimum atomic E-state index is 0.805. The fourth-order valence-corrected chi connectivity index (χ4v) is 3.04. The Hall–Kier alpha value is -0.820. The Labute approximate surface area is 105 Å². The Balaban J connectivity index is 2.11. The lowest BCUT2D eigenvalue weighted by Gasteiger charge is -2.18. The summed E-state index contributed by atoms with van der Waals surface area (Å²) in [6.45, 7) is 0.805. The molecule has 0 aliphatic heterocycles. The number of hydrogen-bond donors (Lipinski definition) is 1. The standard InChI is InChI=1S/C16H25N/c17-13-7-11-15-10-5-6-12-16(15)14-8-3-1-2-4-9-14/h5-6,10,12,14H,1-4,7-9,11,13,17H2. The largest absolute Gasteiger partial charge is 0.330 e. The minimum Gasteiger partial charge on any atom is -0.330 e. The summed E-state index contributed by atoms with van der Waals surface area (Å²) in [5.41, 5.74) is 8.79. The highest BCUT2D eigenvalue weighted by Crippen LogP contribution is 2.33. The number of hydrogen-bond acceptors (Lipinski definition) is 1. The molecule has 1 nitrogen and oxygen atoms in total. The van der Waals surface area contributed by atoms with E-state index in [1.54, 1.807) is 11.1 Å². The van der Waals surface area contributed by atoms with Gasteiger partial charge in [-0.05, 0) is 49.3 Å². The number of aryl methyl sites for hydroxylation is 1. The van der Waals surface area contributed by atoms with Crippen molar-refractivity contribution in [3.05, 3.63) is 35.4 Å². The van der Waals surface area contributed by atoms with Crippen molar-refractivity contribution in [2.75, 3.05) is 6.54 Å². The molecule has 17 heavy (non-hydrogen) atoms. The van der Waals surface area contributed by atoms with Gasteiger partial charge in [-0.25, -0.2) is 0 Å². The molecular weight excluding hydrogens is 206 g/mol. The third-order valence-electron chi connectivity index (χ3n) is 4.00. The van der Waals surface area contributed by atoms with Gasteiger partial charge in [0.2, 0.25) is 0 Å². The maximum atomic E-state index is 5.63. The van der Waals surface area contributed by atoms with Gasteiger partial charge < -0.3 is 5.73 Å². The molecule has 1 heteroatoms. The molecule has 2 N–H and O–H groups in total. The zero-order valence-corrected chi connectivity index (χ0v) is 10.8. The van der Waals surface area contributed by atoms with Crippen molar-refractivity contribution < 1.29 is 0 Å². The van der Waals surface area contributed by atoms with Gasteiger partial charge >= 0.3 is 0 Å². The van der Waals surface area contributed by atoms with Crippen LogP contribution in [0.2, 0.25) is 0 Å². The lowest BCUT2D eigenvalue weighted by molar-refractivity contribution is 0.585. The van der Waals surface area contributed by atoms with Gasteiger partial charge in [0.05, 0.1) is 0 Å². The molecule has 0 radical (unpaired) electrons. The van der Waals surface area contributed by atoms with E-state index in [9.17, 15) is 0 Å². The molecule has 1 fully saturated rings. The molecule has 94 valence electrons. The second-order valence-corrected chi connectivity index (χ2v) is 5.28. The van der Waals surface area contributed by atoms with Gasteiger partial charge in [-0.2, -0.15) is 0 Å². The van der Waals surface area contributed by atoms with E-state index in [0.29, 0.717) is 0 Å². The predicted octanol–water partition coefficient (Wildman–Crippen LogP) is 4.02. The molecule has 1 saturated carbocycles. The Bertz CT molecular complexity index is 324. The second-order valence-electron chi connectivity index (χ2n) is 5.28. The van der Waals surface area contributed by atoms with Crippen LogP contribution in [0.3, 0.4) is 0 Å². The summed E-state index contributed by atoms with van der Waals surface area (Å²) in [5.74, 6) is 0.812. The topological polar surface area (TPSA) is 26.0 Å². The van der Waals surface area contributed by atoms with Gasteiger partial charge in [-0.1, -0.05) is 49.9 Å². The van der Waals surface area contributed by atoms with Crippen molar-refractivity contribution >= 4 is 0 Å². The van der Waals surface area contributed by atoms with Crippen molar-refractivity contribution in [1.82, 2.24) is 0 Å². The van der Waals surface area contributed by atoms with Crippen molar-refractivity contribution in [2.45, 2.75) is 57.3 Å². The fourth-order valence-electron chi connectivity index (χ4n) is 3.04. The molecule has 0 bridgehead atoms. The first-order chi connectivity index (χ1) is 8.42. The molecule has 1 aliphatic carbocycles. The van der Waals surface area contributed by atoms with Crippen molar-refractivity contribution in [3.63, 3.8) is 0 Å². The summed E-state index contributed by atoms with van der Waals surface area (Å²) >= 11 is 0. The molecule has 1 aliphatic rings. The highest BCUT2D eigenvalue weighted by Gasteiger charge is 2.16. The Morgan fingerprint density at radius 3 is 2.41 bits per heavy atom. The SMILES string of the molecule is NCCCc1ccccc1C1CCCCCC1. The number of rotatable bonds is 4. The maximum Gasteiger partial charge on any atom is -0.00741 e. The van der Waals surface area contributed by atoms with E-state index in [0.717, 1.165) is 25.3 Å². The second kappa shape index (κ2) is 6.80. The van der Waals surface area contributed by atoms with E-state index in [1.165, 1.54) is 38.5 Å². The van der Waals surface area contributed by atoms with E-state index in [2.05, 4.69) is 24.3 Å². The van der Waals surface area contributed by atoms with Crippen LogP contribution in [0.25, 0.3) is 0 Å². The van der Waals surface area contributed by atoms with E-state index in [1.807, 2.05) is 0 Å². The summed E-state index contributed by atoms with van der Waals surface area (Å²) in [4.78, 5) is 0. The van der Waals surface area contributed by atoms with Gasteiger partial charge in [0.1, 0.15) is 0 Å². The third kappa shape index (κ3) is 3.57. The van der Waals surface area contributed by atoms with E-state index in [4.69, 9.17) is 5.73 Å². The van der Waals surface area contributed by atoms with Gasteiger partial charge in [0.25, 0.3) is 0 Å². The van der Waals surface area contributed by atoms with Crippen LogP contribution in [0.15, 0.2) is 24.3 Å². The van der Waals surface area contributed by atoms with Crippen LogP contribution in [-0.4, -0.2) is 6.54 Å². The number of benzene rings is 1. The molecule has 0 spiro atoms. The van der Waals surface area contributed by atoms with E-state index >= 15 is 0 Å². The summed E-state index contributed by atoms with van der Waals surface area (Å²) < 4.78 is 0. The minimum absolute atomic E-state index is 0.805. The smallest absolute Gasteiger partial charge is 0.00741 e. The molecule has 2 rings (SSSR count). The molecule has 0 heterocycles. The zero-order valence-electron chi connectivity index (χ0n) is 10.8. The fraction of sp³-hybridized carbons (Fsp3) is 0.625. The summed E-state index contributed by atoms with van der Waals surface area (Å²) in [5, 5.41) is 0. The van der Waals surface area contributed by atoms with E-state index < -0.39 is 0 Å². The molecule has 0 unspecified atom stereocenters. The quantitative estimate of drug-likeness (QED) is 0.778. The van der Waals surface area contributed by atoms with Crippen molar-refractivity contribution in [3.8, 4) is 0 Å². The average Bonchev–Trinajstić information content (AvgIpc) is 2.65. The van der Waals surface area contributed by atoms with Crippen LogP contribution in [0, 0.1) is 0 Å². The van der Waals surface area contributed by atoms with Crippen molar-refractivity contribution in [2.24, 2.45) is 5.73 Å². The zero-order chi connectivity index (χ0) is 11.9. The first kappa shape index (κ1) is 12.6. The molecule has 0 aromatic heterocycles. The molecule has 1 aromatic carbocycles.